The Balaban J connectivity index is 1.84. The molecule has 0 amide bonds. The van der Waals surface area contributed by atoms with Crippen molar-refractivity contribution >= 4 is 54.6 Å². The third-order valence-corrected chi connectivity index (χ3v) is 5.58. The average molecular weight is 470 g/mol. The minimum atomic E-state index is -0.409. The summed E-state index contributed by atoms with van der Waals surface area (Å²) in [4.78, 5) is 25.6. The highest BCUT2D eigenvalue weighted by Crippen LogP contribution is 2.46. The van der Waals surface area contributed by atoms with Gasteiger partial charge in [-0.25, -0.2) is 0 Å². The minimum absolute atomic E-state index is 0.0380. The predicted octanol–water partition coefficient (Wildman–Crippen LogP) is 4.33. The average Bonchev–Trinajstić information content (AvgIpc) is 2.53. The highest BCUT2D eigenvalue weighted by Gasteiger charge is 2.34. The van der Waals surface area contributed by atoms with E-state index in [1.54, 1.807) is 12.1 Å². The molecule has 128 valence electrons. The lowest BCUT2D eigenvalue weighted by atomic mass is 10.0. The molecular formula is C15H10Br2N4O4. The predicted molar refractivity (Wildman–Crippen MR) is 98.8 cm³/mol. The number of hydrogen-bond donors (Lipinski definition) is 0. The number of rotatable bonds is 2. The Labute approximate surface area is 158 Å². The molecule has 25 heavy (non-hydrogen) atoms. The largest absolute Gasteiger partial charge is 0.348 e. The van der Waals surface area contributed by atoms with E-state index in [1.165, 1.54) is 12.1 Å². The molecule has 10 heteroatoms. The Bertz CT molecular complexity index is 874. The molecule has 8 nitrogen and oxygen atoms in total. The first-order valence-electron chi connectivity index (χ1n) is 7.28. The number of nitro groups is 2. The maximum atomic E-state index is 11.1. The number of fused-ring (bicyclic) bond motifs is 6. The normalized spacial score (nSPS) is 14.8. The van der Waals surface area contributed by atoms with E-state index >= 15 is 0 Å². The van der Waals surface area contributed by atoms with Crippen molar-refractivity contribution in [3.05, 3.63) is 64.6 Å². The summed E-state index contributed by atoms with van der Waals surface area (Å²) in [5.74, 6) is 0. The standard InChI is InChI=1S/C15H10Br2N4O4/c16-12-3-10(20(22)23)1-8-5-18-7-19(14(8)12)6-9-2-11(21(24)25)4-13(17)15(9)18/h1-4H,5-7H2. The van der Waals surface area contributed by atoms with Gasteiger partial charge in [0.15, 0.2) is 0 Å². The van der Waals surface area contributed by atoms with Crippen LogP contribution in [0.25, 0.3) is 0 Å². The van der Waals surface area contributed by atoms with E-state index in [4.69, 9.17) is 0 Å². The van der Waals surface area contributed by atoms with Gasteiger partial charge in [0.05, 0.1) is 27.9 Å². The number of non-ortho nitro benzene ring substituents is 2. The highest BCUT2D eigenvalue weighted by molar-refractivity contribution is 9.11. The molecule has 0 aliphatic carbocycles. The number of benzene rings is 2. The number of halogens is 2. The van der Waals surface area contributed by atoms with Crippen LogP contribution in [0.3, 0.4) is 0 Å². The van der Waals surface area contributed by atoms with E-state index in [0.717, 1.165) is 22.5 Å². The molecular weight excluding hydrogens is 460 g/mol. The molecule has 0 atom stereocenters. The molecule has 4 rings (SSSR count). The smallest absolute Gasteiger partial charge is 0.271 e. The molecule has 0 fully saturated rings. The second-order valence-corrected chi connectivity index (χ2v) is 7.63. The summed E-state index contributed by atoms with van der Waals surface area (Å²) in [7, 11) is 0. The fourth-order valence-electron chi connectivity index (χ4n) is 3.46. The van der Waals surface area contributed by atoms with Crippen molar-refractivity contribution in [1.29, 1.82) is 0 Å². The second kappa shape index (κ2) is 5.67. The molecule has 0 radical (unpaired) electrons. The molecule has 2 aromatic carbocycles. The molecule has 0 unspecified atom stereocenters. The van der Waals surface area contributed by atoms with Gasteiger partial charge in [-0.1, -0.05) is 0 Å². The van der Waals surface area contributed by atoms with Crippen LogP contribution in [0.2, 0.25) is 0 Å². The van der Waals surface area contributed by atoms with Crippen molar-refractivity contribution < 1.29 is 9.85 Å². The Morgan fingerprint density at radius 3 is 1.56 bits per heavy atom. The zero-order valence-corrected chi connectivity index (χ0v) is 15.8. The fraction of sp³-hybridized carbons (Fsp3) is 0.200. The van der Waals surface area contributed by atoms with Gasteiger partial charge in [0.2, 0.25) is 0 Å². The number of hydrogen-bond acceptors (Lipinski definition) is 6. The van der Waals surface area contributed by atoms with Crippen LogP contribution in [0.1, 0.15) is 11.1 Å². The SMILES string of the molecule is O=[N+]([O-])c1cc(Br)c2c(c1)CN1CN2Cc2cc([N+](=O)[O-])cc(Br)c21. The van der Waals surface area contributed by atoms with Crippen LogP contribution in [0.15, 0.2) is 33.2 Å². The van der Waals surface area contributed by atoms with Gasteiger partial charge < -0.3 is 9.80 Å². The topological polar surface area (TPSA) is 92.8 Å². The van der Waals surface area contributed by atoms with Gasteiger partial charge in [-0.3, -0.25) is 20.2 Å². The summed E-state index contributed by atoms with van der Waals surface area (Å²) in [6, 6.07) is 6.16. The Morgan fingerprint density at radius 1 is 0.800 bits per heavy atom. The Kier molecular flexibility index (Phi) is 3.69. The summed E-state index contributed by atoms with van der Waals surface area (Å²) in [6.07, 6.45) is 0. The third kappa shape index (κ3) is 2.56. The van der Waals surface area contributed by atoms with E-state index < -0.39 is 9.85 Å². The van der Waals surface area contributed by atoms with Crippen LogP contribution in [0.4, 0.5) is 22.7 Å². The van der Waals surface area contributed by atoms with Crippen LogP contribution in [-0.2, 0) is 13.1 Å². The Hall–Kier alpha value is -2.20. The maximum Gasteiger partial charge on any atom is 0.271 e. The van der Waals surface area contributed by atoms with Crippen molar-refractivity contribution in [2.45, 2.75) is 13.1 Å². The lowest BCUT2D eigenvalue weighted by Gasteiger charge is -2.45. The van der Waals surface area contributed by atoms with Gasteiger partial charge in [-0.15, -0.1) is 0 Å². The quantitative estimate of drug-likeness (QED) is 0.480. The Morgan fingerprint density at radius 2 is 1.20 bits per heavy atom. The van der Waals surface area contributed by atoms with Gasteiger partial charge in [-0.2, -0.15) is 0 Å². The van der Waals surface area contributed by atoms with Crippen molar-refractivity contribution in [2.75, 3.05) is 16.5 Å². The molecule has 0 saturated carbocycles. The van der Waals surface area contributed by atoms with E-state index in [2.05, 4.69) is 41.7 Å². The van der Waals surface area contributed by atoms with E-state index in [0.29, 0.717) is 28.7 Å². The summed E-state index contributed by atoms with van der Waals surface area (Å²) in [5.41, 5.74) is 3.57. The number of nitrogens with zero attached hydrogens (tertiary/aromatic N) is 4. The first kappa shape index (κ1) is 16.3. The van der Waals surface area contributed by atoms with Crippen molar-refractivity contribution in [3.8, 4) is 0 Å². The van der Waals surface area contributed by atoms with Crippen molar-refractivity contribution in [3.63, 3.8) is 0 Å². The zero-order valence-electron chi connectivity index (χ0n) is 12.6. The van der Waals surface area contributed by atoms with Crippen molar-refractivity contribution in [2.24, 2.45) is 0 Å². The third-order valence-electron chi connectivity index (χ3n) is 4.37. The van der Waals surface area contributed by atoms with Crippen LogP contribution in [0.5, 0.6) is 0 Å². The van der Waals surface area contributed by atoms with Gasteiger partial charge in [0.1, 0.15) is 0 Å². The first-order chi connectivity index (χ1) is 11.8. The molecule has 0 saturated heterocycles. The summed E-state index contributed by atoms with van der Waals surface area (Å²) < 4.78 is 1.31. The van der Waals surface area contributed by atoms with E-state index in [9.17, 15) is 20.2 Å². The molecule has 0 N–H and O–H groups in total. The lowest BCUT2D eigenvalue weighted by molar-refractivity contribution is -0.385. The zero-order chi connectivity index (χ0) is 17.9. The second-order valence-electron chi connectivity index (χ2n) is 5.92. The van der Waals surface area contributed by atoms with E-state index in [1.807, 2.05) is 0 Å². The lowest BCUT2D eigenvalue weighted by Crippen LogP contribution is -2.46. The van der Waals surface area contributed by atoms with Crippen LogP contribution < -0.4 is 9.80 Å². The molecule has 0 spiro atoms. The van der Waals surface area contributed by atoms with E-state index in [-0.39, 0.29) is 11.4 Å². The monoisotopic (exact) mass is 468 g/mol. The van der Waals surface area contributed by atoms with Gasteiger partial charge in [-0.05, 0) is 31.9 Å². The number of anilines is 2. The molecule has 2 heterocycles. The fourth-order valence-corrected chi connectivity index (χ4v) is 4.94. The summed E-state index contributed by atoms with van der Waals surface area (Å²) in [5, 5.41) is 22.3. The maximum absolute atomic E-state index is 11.1. The molecule has 0 aromatic heterocycles. The van der Waals surface area contributed by atoms with Crippen LogP contribution in [0, 0.1) is 20.2 Å². The molecule has 2 aliphatic rings. The van der Waals surface area contributed by atoms with Crippen LogP contribution in [-0.4, -0.2) is 16.5 Å². The van der Waals surface area contributed by atoms with Gasteiger partial charge in [0, 0.05) is 57.4 Å². The van der Waals surface area contributed by atoms with Crippen LogP contribution >= 0.6 is 31.9 Å². The summed E-state index contributed by atoms with van der Waals surface area (Å²) in [6.45, 7) is 1.61. The molecule has 2 aromatic rings. The van der Waals surface area contributed by atoms with Gasteiger partial charge >= 0.3 is 0 Å². The molecule has 2 bridgehead atoms. The van der Waals surface area contributed by atoms with Crippen molar-refractivity contribution in [1.82, 2.24) is 0 Å². The van der Waals surface area contributed by atoms with Gasteiger partial charge in [0.25, 0.3) is 11.4 Å². The first-order valence-corrected chi connectivity index (χ1v) is 8.87. The highest BCUT2D eigenvalue weighted by atomic mass is 79.9. The summed E-state index contributed by atoms with van der Waals surface area (Å²) >= 11 is 6.87. The number of nitro benzene ring substituents is 2. The minimum Gasteiger partial charge on any atom is -0.348 e. The molecule has 2 aliphatic heterocycles.